The molecule has 0 aliphatic heterocycles. The van der Waals surface area contributed by atoms with Crippen molar-refractivity contribution in [2.24, 2.45) is 0 Å². The van der Waals surface area contributed by atoms with E-state index in [0.717, 1.165) is 0 Å². The summed E-state index contributed by atoms with van der Waals surface area (Å²) in [4.78, 5) is 0. The van der Waals surface area contributed by atoms with E-state index in [1.807, 2.05) is 6.07 Å². The lowest BCUT2D eigenvalue weighted by atomic mass is 10.1. The van der Waals surface area contributed by atoms with Crippen LogP contribution in [0.4, 0.5) is 4.39 Å². The van der Waals surface area contributed by atoms with Gasteiger partial charge in [-0.25, -0.2) is 4.39 Å². The summed E-state index contributed by atoms with van der Waals surface area (Å²) in [7, 11) is 0. The summed E-state index contributed by atoms with van der Waals surface area (Å²) < 4.78 is 19.1. The number of benzene rings is 2. The molecule has 0 fully saturated rings. The molecule has 0 radical (unpaired) electrons. The number of aliphatic hydroxyl groups excluding tert-OH is 1. The largest absolute Gasteiger partial charge is 0.487 e. The Morgan fingerprint density at radius 3 is 2.62 bits per heavy atom. The molecule has 0 amide bonds. The molecule has 1 N–H and O–H groups in total. The first-order chi connectivity index (χ1) is 10.0. The van der Waals surface area contributed by atoms with E-state index in [2.05, 4.69) is 0 Å². The van der Waals surface area contributed by atoms with E-state index in [4.69, 9.17) is 33.2 Å². The number of hydrogen-bond acceptors (Lipinski definition) is 3. The second kappa shape index (κ2) is 6.77. The molecule has 108 valence electrons. The summed E-state index contributed by atoms with van der Waals surface area (Å²) in [6.45, 7) is -0.425. The zero-order chi connectivity index (χ0) is 15.4. The van der Waals surface area contributed by atoms with Crippen molar-refractivity contribution in [1.82, 2.24) is 0 Å². The molecular formula is C15H10Cl2FNO2. The molecule has 0 aliphatic rings. The van der Waals surface area contributed by atoms with Gasteiger partial charge in [0.25, 0.3) is 0 Å². The van der Waals surface area contributed by atoms with Crippen molar-refractivity contribution in [3.8, 4) is 11.8 Å². The monoisotopic (exact) mass is 325 g/mol. The summed E-state index contributed by atoms with van der Waals surface area (Å²) >= 11 is 11.8. The van der Waals surface area contributed by atoms with Gasteiger partial charge in [0.05, 0.1) is 23.3 Å². The molecule has 2 aromatic carbocycles. The van der Waals surface area contributed by atoms with Gasteiger partial charge in [-0.1, -0.05) is 23.2 Å². The first-order valence-electron chi connectivity index (χ1n) is 5.95. The molecule has 0 saturated heterocycles. The van der Waals surface area contributed by atoms with Crippen LogP contribution in [0.3, 0.4) is 0 Å². The van der Waals surface area contributed by atoms with E-state index >= 15 is 0 Å². The molecule has 3 nitrogen and oxygen atoms in total. The van der Waals surface area contributed by atoms with E-state index < -0.39 is 5.82 Å². The Labute approximate surface area is 131 Å². The number of nitriles is 1. The first-order valence-corrected chi connectivity index (χ1v) is 6.71. The van der Waals surface area contributed by atoms with Gasteiger partial charge in [-0.05, 0) is 30.3 Å². The Morgan fingerprint density at radius 1 is 1.19 bits per heavy atom. The second-order valence-electron chi connectivity index (χ2n) is 4.24. The van der Waals surface area contributed by atoms with E-state index in [1.165, 1.54) is 30.3 Å². The fourth-order valence-electron chi connectivity index (χ4n) is 1.80. The highest BCUT2D eigenvalue weighted by Crippen LogP contribution is 2.33. The summed E-state index contributed by atoms with van der Waals surface area (Å²) in [5.41, 5.74) is 0.966. The molecular weight excluding hydrogens is 316 g/mol. The fraction of sp³-hybridized carbons (Fsp3) is 0.133. The molecule has 0 aromatic heterocycles. The van der Waals surface area contributed by atoms with Gasteiger partial charge in [0.2, 0.25) is 0 Å². The van der Waals surface area contributed by atoms with Crippen LogP contribution in [0.15, 0.2) is 30.3 Å². The van der Waals surface area contributed by atoms with Crippen molar-refractivity contribution in [3.05, 3.63) is 62.9 Å². The van der Waals surface area contributed by atoms with E-state index in [-0.39, 0.29) is 29.5 Å². The predicted molar refractivity (Wildman–Crippen MR) is 77.8 cm³/mol. The third kappa shape index (κ3) is 3.64. The van der Waals surface area contributed by atoms with Crippen LogP contribution in [0.1, 0.15) is 16.7 Å². The Balaban J connectivity index is 2.27. The van der Waals surface area contributed by atoms with E-state index in [1.54, 1.807) is 0 Å². The van der Waals surface area contributed by atoms with Crippen molar-refractivity contribution in [2.45, 2.75) is 13.2 Å². The number of ether oxygens (including phenoxy) is 1. The highest BCUT2D eigenvalue weighted by molar-refractivity contribution is 6.35. The van der Waals surface area contributed by atoms with Gasteiger partial charge in [-0.2, -0.15) is 5.26 Å². The smallest absolute Gasteiger partial charge is 0.144 e. The fourth-order valence-corrected chi connectivity index (χ4v) is 2.39. The van der Waals surface area contributed by atoms with Gasteiger partial charge in [-0.3, -0.25) is 0 Å². The van der Waals surface area contributed by atoms with Gasteiger partial charge in [0.1, 0.15) is 18.2 Å². The average Bonchev–Trinajstić information content (AvgIpc) is 2.47. The lowest BCUT2D eigenvalue weighted by Crippen LogP contribution is -2.02. The van der Waals surface area contributed by atoms with E-state index in [0.29, 0.717) is 16.1 Å². The predicted octanol–water partition coefficient (Wildman–Crippen LogP) is 4.08. The third-order valence-electron chi connectivity index (χ3n) is 2.80. The topological polar surface area (TPSA) is 53.2 Å². The lowest BCUT2D eigenvalue weighted by molar-refractivity contribution is 0.257. The lowest BCUT2D eigenvalue weighted by Gasteiger charge is -2.13. The maximum absolute atomic E-state index is 13.7. The van der Waals surface area contributed by atoms with Gasteiger partial charge in [0.15, 0.2) is 0 Å². The Hall–Kier alpha value is -1.80. The minimum Gasteiger partial charge on any atom is -0.487 e. The highest BCUT2D eigenvalue weighted by Gasteiger charge is 2.12. The number of aliphatic hydroxyl groups is 1. The Morgan fingerprint density at radius 2 is 1.95 bits per heavy atom. The van der Waals surface area contributed by atoms with Crippen LogP contribution < -0.4 is 4.74 Å². The van der Waals surface area contributed by atoms with Crippen LogP contribution in [0.2, 0.25) is 10.0 Å². The molecule has 0 bridgehead atoms. The number of hydrogen-bond donors (Lipinski definition) is 1. The van der Waals surface area contributed by atoms with Crippen LogP contribution in [0.25, 0.3) is 0 Å². The number of nitrogens with zero attached hydrogens (tertiary/aromatic N) is 1. The van der Waals surface area contributed by atoms with Crippen molar-refractivity contribution < 1.29 is 14.2 Å². The zero-order valence-corrected chi connectivity index (χ0v) is 12.2. The SMILES string of the molecule is N#Cc1ccc(F)c(COc2c(Cl)cc(Cl)cc2CO)c1. The quantitative estimate of drug-likeness (QED) is 0.921. The zero-order valence-electron chi connectivity index (χ0n) is 10.7. The van der Waals surface area contributed by atoms with Crippen LogP contribution in [-0.2, 0) is 13.2 Å². The second-order valence-corrected chi connectivity index (χ2v) is 5.08. The molecule has 0 heterocycles. The summed E-state index contributed by atoms with van der Waals surface area (Å²) in [6, 6.07) is 8.90. The normalized spacial score (nSPS) is 10.2. The molecule has 21 heavy (non-hydrogen) atoms. The van der Waals surface area contributed by atoms with Gasteiger partial charge < -0.3 is 9.84 Å². The minimum atomic E-state index is -0.482. The molecule has 6 heteroatoms. The van der Waals surface area contributed by atoms with Crippen LogP contribution >= 0.6 is 23.2 Å². The van der Waals surface area contributed by atoms with Gasteiger partial charge in [-0.15, -0.1) is 0 Å². The van der Waals surface area contributed by atoms with Gasteiger partial charge >= 0.3 is 0 Å². The number of rotatable bonds is 4. The van der Waals surface area contributed by atoms with Gasteiger partial charge in [0, 0.05) is 16.1 Å². The summed E-state index contributed by atoms with van der Waals surface area (Å²) in [6.07, 6.45) is 0. The average molecular weight is 326 g/mol. The van der Waals surface area contributed by atoms with Crippen LogP contribution in [0.5, 0.6) is 5.75 Å². The van der Waals surface area contributed by atoms with Crippen LogP contribution in [0, 0.1) is 17.1 Å². The van der Waals surface area contributed by atoms with Crippen molar-refractivity contribution in [1.29, 1.82) is 5.26 Å². The van der Waals surface area contributed by atoms with Crippen molar-refractivity contribution >= 4 is 23.2 Å². The minimum absolute atomic E-state index is 0.115. The molecule has 2 rings (SSSR count). The number of halogens is 3. The standard InChI is InChI=1S/C15H10Cl2FNO2/c16-12-4-10(7-20)15(13(17)5-12)21-8-11-3-9(6-19)1-2-14(11)18/h1-5,20H,7-8H2. The van der Waals surface area contributed by atoms with Crippen LogP contribution in [-0.4, -0.2) is 5.11 Å². The first kappa shape index (κ1) is 15.6. The molecule has 2 aromatic rings. The molecule has 0 saturated carbocycles. The molecule has 0 spiro atoms. The maximum atomic E-state index is 13.7. The molecule has 0 aliphatic carbocycles. The van der Waals surface area contributed by atoms with E-state index in [9.17, 15) is 9.50 Å². The maximum Gasteiger partial charge on any atom is 0.144 e. The third-order valence-corrected chi connectivity index (χ3v) is 3.30. The van der Waals surface area contributed by atoms with Crippen molar-refractivity contribution in [2.75, 3.05) is 0 Å². The Bertz CT molecular complexity index is 714. The summed E-state index contributed by atoms with van der Waals surface area (Å²) in [5, 5.41) is 18.7. The van der Waals surface area contributed by atoms with Crippen molar-refractivity contribution in [3.63, 3.8) is 0 Å². The summed E-state index contributed by atoms with van der Waals surface area (Å²) in [5.74, 6) is -0.241. The molecule has 0 unspecified atom stereocenters. The highest BCUT2D eigenvalue weighted by atomic mass is 35.5. The molecule has 0 atom stereocenters. The Kier molecular flexibility index (Phi) is 5.03.